The van der Waals surface area contributed by atoms with Crippen LogP contribution in [-0.2, 0) is 0 Å². The molecule has 1 fully saturated rings. The van der Waals surface area contributed by atoms with Gasteiger partial charge in [-0.3, -0.25) is 0 Å². The molecule has 0 aromatic heterocycles. The fraction of sp³-hybridized carbons (Fsp3) is 0.938. The summed E-state index contributed by atoms with van der Waals surface area (Å²) in [7, 11) is 0. The minimum absolute atomic E-state index is 0.0287. The fourth-order valence-electron chi connectivity index (χ4n) is 2.87. The molecule has 0 bridgehead atoms. The lowest BCUT2D eigenvalue weighted by Gasteiger charge is -2.61. The van der Waals surface area contributed by atoms with Crippen LogP contribution in [-0.4, -0.2) is 41.3 Å². The molecule has 1 rings (SSSR count). The SMILES string of the molecule is CC(C)C[C@H](CCO)CNC(=O)N1CC(C)(C)C1(C)C. The molecule has 4 nitrogen and oxygen atoms in total. The quantitative estimate of drug-likeness (QED) is 0.788. The third-order valence-electron chi connectivity index (χ3n) is 5.01. The maximum atomic E-state index is 12.3. The largest absolute Gasteiger partial charge is 0.396 e. The van der Waals surface area contributed by atoms with Crippen molar-refractivity contribution < 1.29 is 9.90 Å². The van der Waals surface area contributed by atoms with Crippen molar-refractivity contribution in [1.29, 1.82) is 0 Å². The molecular formula is C16H32N2O2. The summed E-state index contributed by atoms with van der Waals surface area (Å²) in [5.41, 5.74) is 0.0778. The normalized spacial score (nSPS) is 21.5. The molecule has 118 valence electrons. The summed E-state index contributed by atoms with van der Waals surface area (Å²) in [5, 5.41) is 12.2. The summed E-state index contributed by atoms with van der Waals surface area (Å²) in [6.45, 7) is 14.6. The van der Waals surface area contributed by atoms with E-state index in [1.54, 1.807) is 0 Å². The van der Waals surface area contributed by atoms with Crippen molar-refractivity contribution in [3.63, 3.8) is 0 Å². The van der Waals surface area contributed by atoms with Crippen LogP contribution in [0.3, 0.4) is 0 Å². The minimum atomic E-state index is -0.0956. The molecule has 1 atom stereocenters. The Hall–Kier alpha value is -0.770. The average molecular weight is 284 g/mol. The lowest BCUT2D eigenvalue weighted by molar-refractivity contribution is -0.0809. The molecule has 2 N–H and O–H groups in total. The van der Waals surface area contributed by atoms with E-state index in [0.29, 0.717) is 18.4 Å². The van der Waals surface area contributed by atoms with Gasteiger partial charge in [-0.15, -0.1) is 0 Å². The highest BCUT2D eigenvalue weighted by atomic mass is 16.3. The molecule has 1 heterocycles. The van der Waals surface area contributed by atoms with Gasteiger partial charge in [0, 0.05) is 30.7 Å². The number of nitrogens with one attached hydrogen (secondary N) is 1. The summed E-state index contributed by atoms with van der Waals surface area (Å²) in [6.07, 6.45) is 1.79. The molecular weight excluding hydrogens is 252 g/mol. The van der Waals surface area contributed by atoms with Gasteiger partial charge in [-0.1, -0.05) is 27.7 Å². The first-order chi connectivity index (χ1) is 9.11. The number of carbonyl (C=O) groups excluding carboxylic acids is 1. The van der Waals surface area contributed by atoms with Crippen molar-refractivity contribution in [3.8, 4) is 0 Å². The Labute approximate surface area is 123 Å². The molecule has 0 radical (unpaired) electrons. The zero-order valence-corrected chi connectivity index (χ0v) is 14.0. The molecule has 1 saturated heterocycles. The van der Waals surface area contributed by atoms with Gasteiger partial charge in [-0.05, 0) is 38.5 Å². The van der Waals surface area contributed by atoms with Gasteiger partial charge in [-0.25, -0.2) is 4.79 Å². The number of amides is 2. The lowest BCUT2D eigenvalue weighted by Crippen LogP contribution is -2.72. The van der Waals surface area contributed by atoms with E-state index in [9.17, 15) is 4.79 Å². The number of hydrogen-bond acceptors (Lipinski definition) is 2. The van der Waals surface area contributed by atoms with Gasteiger partial charge in [0.2, 0.25) is 0 Å². The van der Waals surface area contributed by atoms with E-state index in [1.165, 1.54) is 0 Å². The predicted octanol–water partition coefficient (Wildman–Crippen LogP) is 2.86. The van der Waals surface area contributed by atoms with E-state index in [-0.39, 0.29) is 23.6 Å². The summed E-state index contributed by atoms with van der Waals surface area (Å²) in [4.78, 5) is 14.2. The van der Waals surface area contributed by atoms with E-state index in [0.717, 1.165) is 19.4 Å². The van der Waals surface area contributed by atoms with Crippen LogP contribution in [0.5, 0.6) is 0 Å². The number of aliphatic hydroxyl groups is 1. The number of nitrogens with zero attached hydrogens (tertiary/aromatic N) is 1. The van der Waals surface area contributed by atoms with Gasteiger partial charge in [0.1, 0.15) is 0 Å². The smallest absolute Gasteiger partial charge is 0.317 e. The first kappa shape index (κ1) is 17.3. The highest BCUT2D eigenvalue weighted by Gasteiger charge is 2.54. The maximum absolute atomic E-state index is 12.3. The van der Waals surface area contributed by atoms with Gasteiger partial charge >= 0.3 is 6.03 Å². The Morgan fingerprint density at radius 2 is 1.90 bits per heavy atom. The monoisotopic (exact) mass is 284 g/mol. The summed E-state index contributed by atoms with van der Waals surface area (Å²) >= 11 is 0. The number of carbonyl (C=O) groups is 1. The first-order valence-corrected chi connectivity index (χ1v) is 7.78. The van der Waals surface area contributed by atoms with Gasteiger partial charge < -0.3 is 15.3 Å². The number of hydrogen-bond donors (Lipinski definition) is 2. The standard InChI is InChI=1S/C16H32N2O2/c1-12(2)9-13(7-8-19)10-17-14(20)18-11-15(3,4)16(18,5)6/h12-13,19H,7-11H2,1-6H3,(H,17,20)/t13-/m0/s1. The van der Waals surface area contributed by atoms with Crippen LogP contribution in [0.15, 0.2) is 0 Å². The number of likely N-dealkylation sites (tertiary alicyclic amines) is 1. The second-order valence-corrected chi connectivity index (χ2v) is 7.72. The molecule has 1 aliphatic rings. The molecule has 0 aromatic carbocycles. The Kier molecular flexibility index (Phi) is 5.47. The van der Waals surface area contributed by atoms with Crippen LogP contribution in [0, 0.1) is 17.3 Å². The van der Waals surface area contributed by atoms with Crippen molar-refractivity contribution in [2.75, 3.05) is 19.7 Å². The third-order valence-corrected chi connectivity index (χ3v) is 5.01. The van der Waals surface area contributed by atoms with Gasteiger partial charge in [0.25, 0.3) is 0 Å². The number of aliphatic hydroxyl groups excluding tert-OH is 1. The molecule has 0 unspecified atom stereocenters. The minimum Gasteiger partial charge on any atom is -0.396 e. The molecule has 2 amide bonds. The van der Waals surface area contributed by atoms with Crippen LogP contribution in [0.25, 0.3) is 0 Å². The third kappa shape index (κ3) is 3.66. The Morgan fingerprint density at radius 1 is 1.30 bits per heavy atom. The van der Waals surface area contributed by atoms with Gasteiger partial charge in [0.05, 0.1) is 0 Å². The van der Waals surface area contributed by atoms with Crippen LogP contribution < -0.4 is 5.32 Å². The van der Waals surface area contributed by atoms with Crippen LogP contribution in [0.1, 0.15) is 54.4 Å². The van der Waals surface area contributed by atoms with Gasteiger partial charge in [0.15, 0.2) is 0 Å². The van der Waals surface area contributed by atoms with E-state index in [2.05, 4.69) is 46.9 Å². The molecule has 0 spiro atoms. The van der Waals surface area contributed by atoms with Crippen LogP contribution in [0.2, 0.25) is 0 Å². The molecule has 1 aliphatic heterocycles. The Balaban J connectivity index is 2.47. The highest BCUT2D eigenvalue weighted by Crippen LogP contribution is 2.46. The van der Waals surface area contributed by atoms with Crippen molar-refractivity contribution in [1.82, 2.24) is 10.2 Å². The molecule has 0 aromatic rings. The summed E-state index contributed by atoms with van der Waals surface area (Å²) in [5.74, 6) is 0.948. The highest BCUT2D eigenvalue weighted by molar-refractivity contribution is 5.76. The van der Waals surface area contributed by atoms with E-state index in [1.807, 2.05) is 4.90 Å². The zero-order valence-electron chi connectivity index (χ0n) is 14.0. The Morgan fingerprint density at radius 3 is 2.30 bits per heavy atom. The maximum Gasteiger partial charge on any atom is 0.317 e. The second-order valence-electron chi connectivity index (χ2n) is 7.72. The molecule has 20 heavy (non-hydrogen) atoms. The Bertz CT molecular complexity index is 337. The predicted molar refractivity (Wildman–Crippen MR) is 82.6 cm³/mol. The second kappa shape index (κ2) is 6.33. The summed E-state index contributed by atoms with van der Waals surface area (Å²) in [6, 6.07) is 0.0287. The summed E-state index contributed by atoms with van der Waals surface area (Å²) < 4.78 is 0. The zero-order chi connectivity index (χ0) is 15.6. The van der Waals surface area contributed by atoms with Crippen molar-refractivity contribution >= 4 is 6.03 Å². The molecule has 0 saturated carbocycles. The van der Waals surface area contributed by atoms with E-state index < -0.39 is 0 Å². The topological polar surface area (TPSA) is 52.6 Å². The van der Waals surface area contributed by atoms with E-state index in [4.69, 9.17) is 5.11 Å². The molecule has 4 heteroatoms. The number of rotatable bonds is 6. The van der Waals surface area contributed by atoms with Crippen molar-refractivity contribution in [2.45, 2.75) is 59.9 Å². The first-order valence-electron chi connectivity index (χ1n) is 7.78. The average Bonchev–Trinajstić information content (AvgIpc) is 2.32. The fourth-order valence-corrected chi connectivity index (χ4v) is 2.87. The van der Waals surface area contributed by atoms with Crippen molar-refractivity contribution in [3.05, 3.63) is 0 Å². The lowest BCUT2D eigenvalue weighted by atomic mass is 9.65. The van der Waals surface area contributed by atoms with Gasteiger partial charge in [-0.2, -0.15) is 0 Å². The van der Waals surface area contributed by atoms with E-state index >= 15 is 0 Å². The van der Waals surface area contributed by atoms with Crippen LogP contribution in [0.4, 0.5) is 4.79 Å². The van der Waals surface area contributed by atoms with Crippen LogP contribution >= 0.6 is 0 Å². The molecule has 0 aliphatic carbocycles. The van der Waals surface area contributed by atoms with Crippen molar-refractivity contribution in [2.24, 2.45) is 17.3 Å². The number of urea groups is 1.